The second kappa shape index (κ2) is 4.72. The van der Waals surface area contributed by atoms with Crippen LogP contribution in [0, 0.1) is 6.92 Å². The second-order valence-corrected chi connectivity index (χ2v) is 8.75. The molecule has 0 heterocycles. The molecule has 0 radical (unpaired) electrons. The van der Waals surface area contributed by atoms with Crippen molar-refractivity contribution in [2.75, 3.05) is 0 Å². The third kappa shape index (κ3) is 2.35. The lowest BCUT2D eigenvalue weighted by Crippen LogP contribution is -2.37. The van der Waals surface area contributed by atoms with Crippen LogP contribution in [-0.2, 0) is 16.2 Å². The topological polar surface area (TPSA) is 0 Å². The van der Waals surface area contributed by atoms with Crippen molar-refractivity contribution >= 4 is 0 Å². The lowest BCUT2D eigenvalue weighted by molar-refractivity contribution is 0.514. The molecule has 3 rings (SSSR count). The van der Waals surface area contributed by atoms with E-state index in [1.165, 1.54) is 0 Å². The Labute approximate surface area is 150 Å². The van der Waals surface area contributed by atoms with Crippen LogP contribution in [0.15, 0.2) is 36.3 Å². The lowest BCUT2D eigenvalue weighted by atomic mass is 9.59. The molecule has 2 aromatic carbocycles. The molecule has 2 aromatic rings. The summed E-state index contributed by atoms with van der Waals surface area (Å²) in [4.78, 5) is 0. The standard InChI is InChI=1S/C23H30/c1-15-9-11-17-19(13-15)23(7,8)20-14-16(21(2,3)4)10-12-18(20)22(17,5)6/h9-14H,1-8H3/i9D,10D,11D,12D,13D,14D. The quantitative estimate of drug-likeness (QED) is 0.538. The van der Waals surface area contributed by atoms with Crippen LogP contribution in [0.25, 0.3) is 0 Å². The Hall–Kier alpha value is -1.56. The van der Waals surface area contributed by atoms with Gasteiger partial charge in [-0.3, -0.25) is 0 Å². The maximum atomic E-state index is 9.06. The predicted octanol–water partition coefficient (Wildman–Crippen LogP) is 6.26. The van der Waals surface area contributed by atoms with E-state index in [9.17, 15) is 0 Å². The maximum Gasteiger partial charge on any atom is 0.0629 e. The molecule has 0 bridgehead atoms. The van der Waals surface area contributed by atoms with Crippen LogP contribution in [0.2, 0.25) is 0 Å². The summed E-state index contributed by atoms with van der Waals surface area (Å²) in [5.74, 6) is 0. The maximum absolute atomic E-state index is 9.06. The van der Waals surface area contributed by atoms with E-state index in [0.717, 1.165) is 0 Å². The number of hydrogen-bond donors (Lipinski definition) is 0. The summed E-state index contributed by atoms with van der Waals surface area (Å²) >= 11 is 0. The highest BCUT2D eigenvalue weighted by molar-refractivity contribution is 5.60. The van der Waals surface area contributed by atoms with Gasteiger partial charge < -0.3 is 0 Å². The summed E-state index contributed by atoms with van der Waals surface area (Å²) in [6.45, 7) is 15.2. The number of rotatable bonds is 0. The molecular formula is C23H30. The Morgan fingerprint density at radius 3 is 1.78 bits per heavy atom. The Morgan fingerprint density at radius 2 is 1.22 bits per heavy atom. The number of fused-ring (bicyclic) bond motifs is 2. The normalized spacial score (nSPS) is 21.9. The van der Waals surface area contributed by atoms with Gasteiger partial charge in [0.2, 0.25) is 0 Å². The summed E-state index contributed by atoms with van der Waals surface area (Å²) in [6.07, 6.45) is 0. The number of benzene rings is 2. The van der Waals surface area contributed by atoms with Crippen LogP contribution < -0.4 is 0 Å². The van der Waals surface area contributed by atoms with Crippen LogP contribution in [0.3, 0.4) is 0 Å². The molecule has 0 spiro atoms. The van der Waals surface area contributed by atoms with Crippen LogP contribution in [0.1, 0.15) is 90.1 Å². The fourth-order valence-electron chi connectivity index (χ4n) is 3.41. The monoisotopic (exact) mass is 312 g/mol. The molecule has 23 heavy (non-hydrogen) atoms. The molecule has 1 aliphatic rings. The van der Waals surface area contributed by atoms with Crippen molar-refractivity contribution in [3.63, 3.8) is 0 Å². The lowest BCUT2D eigenvalue weighted by Gasteiger charge is -2.44. The molecule has 0 aliphatic heterocycles. The summed E-state index contributed by atoms with van der Waals surface area (Å²) in [7, 11) is 0. The van der Waals surface area contributed by atoms with E-state index < -0.39 is 16.2 Å². The Morgan fingerprint density at radius 1 is 0.739 bits per heavy atom. The summed E-state index contributed by atoms with van der Waals surface area (Å²) in [6, 6.07) is 0.761. The smallest absolute Gasteiger partial charge is 0.0590 e. The van der Waals surface area contributed by atoms with Gasteiger partial charge in [0.25, 0.3) is 0 Å². The number of hydrogen-bond acceptors (Lipinski definition) is 0. The molecule has 0 saturated heterocycles. The fourth-order valence-corrected chi connectivity index (χ4v) is 3.41. The van der Waals surface area contributed by atoms with Crippen molar-refractivity contribution in [1.29, 1.82) is 0 Å². The van der Waals surface area contributed by atoms with Crippen LogP contribution in [0.4, 0.5) is 0 Å². The van der Waals surface area contributed by atoms with Crippen molar-refractivity contribution in [2.24, 2.45) is 0 Å². The van der Waals surface area contributed by atoms with E-state index in [2.05, 4.69) is 0 Å². The third-order valence-electron chi connectivity index (χ3n) is 5.00. The minimum atomic E-state index is -0.852. The van der Waals surface area contributed by atoms with Crippen molar-refractivity contribution < 1.29 is 8.22 Å². The molecule has 0 N–H and O–H groups in total. The van der Waals surface area contributed by atoms with Gasteiger partial charge in [-0.2, -0.15) is 0 Å². The molecule has 0 aromatic heterocycles. The zero-order chi connectivity index (χ0) is 22.4. The third-order valence-corrected chi connectivity index (χ3v) is 5.00. The molecule has 0 fully saturated rings. The fraction of sp³-hybridized carbons (Fsp3) is 0.478. The highest BCUT2D eigenvalue weighted by Crippen LogP contribution is 2.50. The zero-order valence-electron chi connectivity index (χ0n) is 21.5. The Balaban J connectivity index is 2.64. The van der Waals surface area contributed by atoms with Crippen LogP contribution in [-0.4, -0.2) is 0 Å². The van der Waals surface area contributed by atoms with Gasteiger partial charge in [0.15, 0.2) is 0 Å². The molecule has 0 heteroatoms. The molecule has 0 nitrogen and oxygen atoms in total. The molecule has 122 valence electrons. The average Bonchev–Trinajstić information content (AvgIpc) is 2.56. The van der Waals surface area contributed by atoms with E-state index in [0.29, 0.717) is 33.4 Å². The minimum absolute atomic E-state index is 0.0381. The van der Waals surface area contributed by atoms with E-state index in [-0.39, 0.29) is 36.3 Å². The first-order chi connectivity index (χ1) is 13.0. The van der Waals surface area contributed by atoms with E-state index in [1.807, 2.05) is 48.5 Å². The van der Waals surface area contributed by atoms with Gasteiger partial charge in [0.1, 0.15) is 0 Å². The first-order valence-corrected chi connectivity index (χ1v) is 8.25. The van der Waals surface area contributed by atoms with Gasteiger partial charge in [0.05, 0.1) is 8.22 Å². The van der Waals surface area contributed by atoms with Crippen molar-refractivity contribution in [1.82, 2.24) is 0 Å². The van der Waals surface area contributed by atoms with Gasteiger partial charge in [-0.05, 0) is 40.2 Å². The van der Waals surface area contributed by atoms with Gasteiger partial charge in [0, 0.05) is 10.8 Å². The van der Waals surface area contributed by atoms with Gasteiger partial charge in [-0.25, -0.2) is 0 Å². The van der Waals surface area contributed by atoms with Crippen molar-refractivity contribution in [3.05, 3.63) is 69.6 Å². The first kappa shape index (κ1) is 10.3. The summed E-state index contributed by atoms with van der Waals surface area (Å²) < 4.78 is 52.4. The largest absolute Gasteiger partial charge is 0.0629 e. The molecule has 0 atom stereocenters. The zero-order valence-corrected chi connectivity index (χ0v) is 15.5. The minimum Gasteiger partial charge on any atom is -0.0590 e. The van der Waals surface area contributed by atoms with Crippen molar-refractivity contribution in [2.45, 2.75) is 71.6 Å². The van der Waals surface area contributed by atoms with Gasteiger partial charge in [-0.15, -0.1) is 0 Å². The molecular weight excluding hydrogens is 276 g/mol. The van der Waals surface area contributed by atoms with Gasteiger partial charge >= 0.3 is 0 Å². The highest BCUT2D eigenvalue weighted by atomic mass is 14.4. The SMILES string of the molecule is [2H]c1c([2H])c2c(c([2H])c1C)C(C)(C)c1c([2H])c(C(C)(C)C)c([2H])c([2H])c1C2(C)C. The summed E-state index contributed by atoms with van der Waals surface area (Å²) in [5.41, 5.74) is 1.39. The highest BCUT2D eigenvalue weighted by Gasteiger charge is 2.41. The summed E-state index contributed by atoms with van der Waals surface area (Å²) in [5, 5.41) is 0. The van der Waals surface area contributed by atoms with Crippen LogP contribution >= 0.6 is 0 Å². The molecule has 0 saturated carbocycles. The van der Waals surface area contributed by atoms with E-state index >= 15 is 0 Å². The van der Waals surface area contributed by atoms with Crippen LogP contribution in [0.5, 0.6) is 0 Å². The van der Waals surface area contributed by atoms with Gasteiger partial charge in [-0.1, -0.05) is 90.3 Å². The first-order valence-electron chi connectivity index (χ1n) is 11.2. The van der Waals surface area contributed by atoms with E-state index in [4.69, 9.17) is 8.22 Å². The van der Waals surface area contributed by atoms with Crippen molar-refractivity contribution in [3.8, 4) is 0 Å². The van der Waals surface area contributed by atoms with E-state index in [1.54, 1.807) is 6.92 Å². The Kier molecular flexibility index (Phi) is 2.12. The molecule has 0 unspecified atom stereocenters. The molecule has 1 aliphatic carbocycles. The average molecular weight is 313 g/mol. The second-order valence-electron chi connectivity index (χ2n) is 8.75. The Bertz CT molecular complexity index is 1050. The molecule has 0 amide bonds. The predicted molar refractivity (Wildman–Crippen MR) is 101 cm³/mol.